The van der Waals surface area contributed by atoms with Crippen LogP contribution in [0.2, 0.25) is 0 Å². The molecule has 18 heavy (non-hydrogen) atoms. The van der Waals surface area contributed by atoms with Crippen molar-refractivity contribution in [2.75, 3.05) is 6.61 Å². The summed E-state index contributed by atoms with van der Waals surface area (Å²) in [5.74, 6) is 0.205. The van der Waals surface area contributed by atoms with Crippen molar-refractivity contribution in [2.45, 2.75) is 19.4 Å². The van der Waals surface area contributed by atoms with Gasteiger partial charge in [-0.05, 0) is 26.0 Å². The minimum absolute atomic E-state index is 0.0991. The van der Waals surface area contributed by atoms with Gasteiger partial charge >= 0.3 is 5.69 Å². The number of thiazole rings is 1. The number of nitro benzene ring substituents is 1. The minimum Gasteiger partial charge on any atom is -0.485 e. The topological polar surface area (TPSA) is 91.3 Å². The molecule has 0 saturated carbocycles. The van der Waals surface area contributed by atoms with E-state index in [0.29, 0.717) is 5.52 Å². The summed E-state index contributed by atoms with van der Waals surface area (Å²) in [6, 6.07) is 3.35. The van der Waals surface area contributed by atoms with Crippen LogP contribution in [0.1, 0.15) is 13.8 Å². The fourth-order valence-electron chi connectivity index (χ4n) is 1.46. The molecule has 0 atom stereocenters. The lowest BCUT2D eigenvalue weighted by Crippen LogP contribution is -2.38. The van der Waals surface area contributed by atoms with Crippen LogP contribution in [0, 0.1) is 10.1 Å². The van der Waals surface area contributed by atoms with Gasteiger partial charge in [-0.3, -0.25) is 10.1 Å². The van der Waals surface area contributed by atoms with E-state index < -0.39 is 10.5 Å². The van der Waals surface area contributed by atoms with Gasteiger partial charge in [-0.15, -0.1) is 11.3 Å². The molecule has 0 fully saturated rings. The van der Waals surface area contributed by atoms with Gasteiger partial charge in [-0.2, -0.15) is 0 Å². The zero-order chi connectivity index (χ0) is 13.3. The van der Waals surface area contributed by atoms with E-state index in [-0.39, 0.29) is 18.0 Å². The van der Waals surface area contributed by atoms with Crippen LogP contribution < -0.4 is 10.5 Å². The summed E-state index contributed by atoms with van der Waals surface area (Å²) >= 11 is 1.36. The van der Waals surface area contributed by atoms with Gasteiger partial charge in [-0.1, -0.05) is 0 Å². The van der Waals surface area contributed by atoms with Crippen LogP contribution >= 0.6 is 11.3 Å². The molecule has 6 nitrogen and oxygen atoms in total. The Morgan fingerprint density at radius 2 is 2.28 bits per heavy atom. The Labute approximate surface area is 108 Å². The van der Waals surface area contributed by atoms with Gasteiger partial charge in [0.25, 0.3) is 0 Å². The molecule has 1 heterocycles. The van der Waals surface area contributed by atoms with E-state index in [1.54, 1.807) is 31.5 Å². The normalized spacial score (nSPS) is 11.7. The van der Waals surface area contributed by atoms with E-state index in [4.69, 9.17) is 10.5 Å². The van der Waals surface area contributed by atoms with Gasteiger partial charge in [0.15, 0.2) is 11.3 Å². The molecule has 2 N–H and O–H groups in total. The highest BCUT2D eigenvalue weighted by Crippen LogP contribution is 2.36. The predicted molar refractivity (Wildman–Crippen MR) is 70.0 cm³/mol. The monoisotopic (exact) mass is 267 g/mol. The van der Waals surface area contributed by atoms with E-state index in [1.807, 2.05) is 0 Å². The average molecular weight is 267 g/mol. The van der Waals surface area contributed by atoms with Crippen LogP contribution in [-0.4, -0.2) is 22.1 Å². The van der Waals surface area contributed by atoms with Gasteiger partial charge in [0, 0.05) is 5.54 Å². The Bertz CT molecular complexity index is 589. The molecule has 0 bridgehead atoms. The second-order valence-corrected chi connectivity index (χ2v) is 5.53. The molecule has 2 aromatic rings. The molecule has 0 saturated heterocycles. The number of benzene rings is 1. The fourth-order valence-corrected chi connectivity index (χ4v) is 2.13. The molecule has 96 valence electrons. The van der Waals surface area contributed by atoms with E-state index >= 15 is 0 Å². The summed E-state index contributed by atoms with van der Waals surface area (Å²) in [5.41, 5.74) is 7.08. The van der Waals surface area contributed by atoms with E-state index in [9.17, 15) is 10.1 Å². The van der Waals surface area contributed by atoms with Crippen LogP contribution in [0.5, 0.6) is 5.75 Å². The van der Waals surface area contributed by atoms with Crippen LogP contribution in [0.25, 0.3) is 10.2 Å². The Balaban J connectivity index is 2.43. The first-order chi connectivity index (χ1) is 8.38. The zero-order valence-corrected chi connectivity index (χ0v) is 10.9. The molecule has 1 aromatic heterocycles. The summed E-state index contributed by atoms with van der Waals surface area (Å²) < 4.78 is 6.20. The molecule has 0 aliphatic rings. The Morgan fingerprint density at radius 3 is 2.89 bits per heavy atom. The highest BCUT2D eigenvalue weighted by atomic mass is 32.1. The van der Waals surface area contributed by atoms with E-state index in [2.05, 4.69) is 4.98 Å². The van der Waals surface area contributed by atoms with Gasteiger partial charge in [0.1, 0.15) is 6.61 Å². The first-order valence-corrected chi connectivity index (χ1v) is 6.19. The van der Waals surface area contributed by atoms with Gasteiger partial charge in [0.2, 0.25) is 0 Å². The zero-order valence-electron chi connectivity index (χ0n) is 10.0. The third kappa shape index (κ3) is 2.57. The molecule has 1 aromatic carbocycles. The first-order valence-electron chi connectivity index (χ1n) is 5.31. The number of nitrogens with two attached hydrogens (primary N) is 1. The van der Waals surface area contributed by atoms with E-state index in [0.717, 1.165) is 4.70 Å². The fraction of sp³-hybridized carbons (Fsp3) is 0.364. The van der Waals surface area contributed by atoms with Crippen molar-refractivity contribution in [2.24, 2.45) is 5.73 Å². The smallest absolute Gasteiger partial charge is 0.337 e. The number of nitro groups is 1. The summed E-state index contributed by atoms with van der Waals surface area (Å²) in [4.78, 5) is 14.7. The van der Waals surface area contributed by atoms with Gasteiger partial charge in [-0.25, -0.2) is 4.98 Å². The van der Waals surface area contributed by atoms with Gasteiger partial charge < -0.3 is 10.5 Å². The third-order valence-corrected chi connectivity index (χ3v) is 3.02. The summed E-state index contributed by atoms with van der Waals surface area (Å²) in [6.45, 7) is 3.78. The van der Waals surface area contributed by atoms with E-state index in [1.165, 1.54) is 11.3 Å². The summed E-state index contributed by atoms with van der Waals surface area (Å²) in [6.07, 6.45) is 0. The number of nitrogens with zero attached hydrogens (tertiary/aromatic N) is 2. The maximum atomic E-state index is 11.1. The number of hydrogen-bond acceptors (Lipinski definition) is 6. The van der Waals surface area contributed by atoms with Crippen LogP contribution in [0.4, 0.5) is 5.69 Å². The number of aromatic nitrogens is 1. The summed E-state index contributed by atoms with van der Waals surface area (Å²) in [7, 11) is 0. The highest BCUT2D eigenvalue weighted by molar-refractivity contribution is 7.16. The van der Waals surface area contributed by atoms with Crippen molar-refractivity contribution >= 4 is 27.2 Å². The van der Waals surface area contributed by atoms with Crippen LogP contribution in [0.15, 0.2) is 17.6 Å². The first kappa shape index (κ1) is 12.7. The second-order valence-electron chi connectivity index (χ2n) is 4.65. The van der Waals surface area contributed by atoms with Gasteiger partial charge in [0.05, 0.1) is 15.1 Å². The van der Waals surface area contributed by atoms with Crippen molar-refractivity contribution in [1.29, 1.82) is 0 Å². The largest absolute Gasteiger partial charge is 0.485 e. The molecular formula is C11H13N3O3S. The quantitative estimate of drug-likeness (QED) is 0.678. The Hall–Kier alpha value is -1.73. The van der Waals surface area contributed by atoms with Crippen molar-refractivity contribution in [1.82, 2.24) is 4.98 Å². The molecular weight excluding hydrogens is 254 g/mol. The molecule has 0 aliphatic carbocycles. The van der Waals surface area contributed by atoms with Crippen molar-refractivity contribution < 1.29 is 9.66 Å². The highest BCUT2D eigenvalue weighted by Gasteiger charge is 2.23. The predicted octanol–water partition coefficient (Wildman–Crippen LogP) is 2.32. The minimum atomic E-state index is -0.551. The maximum absolute atomic E-state index is 11.1. The Kier molecular flexibility index (Phi) is 3.18. The van der Waals surface area contributed by atoms with Crippen LogP contribution in [-0.2, 0) is 0 Å². The second kappa shape index (κ2) is 4.51. The maximum Gasteiger partial charge on any atom is 0.337 e. The molecule has 2 rings (SSSR count). The Morgan fingerprint density at radius 1 is 1.56 bits per heavy atom. The lowest BCUT2D eigenvalue weighted by molar-refractivity contribution is -0.384. The van der Waals surface area contributed by atoms with Crippen LogP contribution in [0.3, 0.4) is 0 Å². The SMILES string of the molecule is CC(C)(N)COc1ccc2scnc2c1[N+](=O)[O-]. The molecule has 0 aliphatic heterocycles. The van der Waals surface area contributed by atoms with Crippen molar-refractivity contribution in [3.05, 3.63) is 27.8 Å². The van der Waals surface area contributed by atoms with Crippen molar-refractivity contribution in [3.63, 3.8) is 0 Å². The lowest BCUT2D eigenvalue weighted by atomic mass is 10.1. The molecule has 7 heteroatoms. The molecule has 0 unspecified atom stereocenters. The number of rotatable bonds is 4. The number of hydrogen-bond donors (Lipinski definition) is 1. The lowest BCUT2D eigenvalue weighted by Gasteiger charge is -2.18. The number of ether oxygens (including phenoxy) is 1. The van der Waals surface area contributed by atoms with Crippen molar-refractivity contribution in [3.8, 4) is 5.75 Å². The molecule has 0 spiro atoms. The summed E-state index contributed by atoms with van der Waals surface area (Å²) in [5, 5.41) is 11.1. The molecule has 0 amide bonds. The molecule has 0 radical (unpaired) electrons. The third-order valence-electron chi connectivity index (χ3n) is 2.22. The number of fused-ring (bicyclic) bond motifs is 1. The average Bonchev–Trinajstić information content (AvgIpc) is 2.71. The standard InChI is InChI=1S/C11H13N3O3S/c1-11(2,12)5-17-7-3-4-8-9(13-6-18-8)10(7)14(15)16/h3-4,6H,5,12H2,1-2H3.